The number of nitrogens with zero attached hydrogens (tertiary/aromatic N) is 3. The van der Waals surface area contributed by atoms with Crippen LogP contribution in [0.4, 0.5) is 5.69 Å². The molecule has 1 N–H and O–H groups in total. The molecule has 1 aromatic heterocycles. The van der Waals surface area contributed by atoms with Gasteiger partial charge in [0.25, 0.3) is 0 Å². The molecule has 1 aromatic carbocycles. The highest BCUT2D eigenvalue weighted by Crippen LogP contribution is 2.47. The number of aliphatic hydroxyl groups excluding tert-OH is 1. The van der Waals surface area contributed by atoms with Gasteiger partial charge in [-0.3, -0.25) is 9.78 Å². The van der Waals surface area contributed by atoms with Gasteiger partial charge in [-0.1, -0.05) is 19.9 Å². The molecular weight excluding hydrogens is 406 g/mol. The summed E-state index contributed by atoms with van der Waals surface area (Å²) in [5.41, 5.74) is 2.29. The van der Waals surface area contributed by atoms with Crippen molar-refractivity contribution in [2.75, 3.05) is 44.8 Å². The number of aliphatic hydroxyl groups is 1. The van der Waals surface area contributed by atoms with Gasteiger partial charge in [0.1, 0.15) is 6.10 Å². The molecule has 0 aliphatic carbocycles. The highest BCUT2D eigenvalue weighted by molar-refractivity contribution is 5.77. The van der Waals surface area contributed by atoms with E-state index in [0.29, 0.717) is 13.1 Å². The minimum atomic E-state index is -0.110. The van der Waals surface area contributed by atoms with E-state index < -0.39 is 0 Å². The van der Waals surface area contributed by atoms with Crippen molar-refractivity contribution >= 4 is 11.6 Å². The first kappa shape index (κ1) is 22.4. The summed E-state index contributed by atoms with van der Waals surface area (Å²) < 4.78 is 11.9. The number of amides is 1. The smallest absolute Gasteiger partial charge is 0.224 e. The molecule has 4 rings (SSSR count). The van der Waals surface area contributed by atoms with Gasteiger partial charge in [-0.15, -0.1) is 0 Å². The van der Waals surface area contributed by atoms with Gasteiger partial charge in [0.2, 0.25) is 5.91 Å². The van der Waals surface area contributed by atoms with Crippen molar-refractivity contribution in [3.8, 4) is 11.5 Å². The van der Waals surface area contributed by atoms with Crippen LogP contribution in [0.2, 0.25) is 0 Å². The first-order valence-corrected chi connectivity index (χ1v) is 11.4. The van der Waals surface area contributed by atoms with E-state index in [0.717, 1.165) is 42.3 Å². The van der Waals surface area contributed by atoms with E-state index in [9.17, 15) is 9.90 Å². The van der Waals surface area contributed by atoms with Gasteiger partial charge >= 0.3 is 0 Å². The number of anilines is 1. The lowest BCUT2D eigenvalue weighted by molar-refractivity contribution is -0.131. The van der Waals surface area contributed by atoms with E-state index in [1.165, 1.54) is 0 Å². The van der Waals surface area contributed by atoms with Crippen LogP contribution in [-0.4, -0.2) is 66.9 Å². The monoisotopic (exact) mass is 439 g/mol. The Bertz CT molecular complexity index is 932. The van der Waals surface area contributed by atoms with Crippen molar-refractivity contribution in [3.05, 3.63) is 48.3 Å². The normalized spacial score (nSPS) is 23.2. The first-order valence-electron chi connectivity index (χ1n) is 11.4. The van der Waals surface area contributed by atoms with Crippen molar-refractivity contribution in [3.63, 3.8) is 0 Å². The summed E-state index contributed by atoms with van der Waals surface area (Å²) >= 11 is 0. The van der Waals surface area contributed by atoms with Crippen LogP contribution >= 0.6 is 0 Å². The number of carbonyl (C=O) groups excluding carboxylic acids is 1. The summed E-state index contributed by atoms with van der Waals surface area (Å²) in [6.07, 6.45) is 4.84. The quantitative estimate of drug-likeness (QED) is 0.681. The van der Waals surface area contributed by atoms with Gasteiger partial charge in [0, 0.05) is 43.5 Å². The molecular formula is C25H33N3O4. The van der Waals surface area contributed by atoms with Crippen LogP contribution < -0.4 is 14.4 Å². The van der Waals surface area contributed by atoms with Gasteiger partial charge in [0.15, 0.2) is 11.5 Å². The fourth-order valence-electron chi connectivity index (χ4n) is 4.82. The number of ether oxygens (including phenoxy) is 2. The standard InChI is InChI=1S/C25H33N3O4/c1-4-25(2)17-28(24(30)9-12-29)16-21(25)18-5-6-22(31-3)23(13-18)32-20-14-27(15-20)19-7-10-26-11-8-19/h5-8,10-11,13,20-21,29H,4,9,12,14-17H2,1-3H3. The summed E-state index contributed by atoms with van der Waals surface area (Å²) in [5, 5.41) is 9.18. The number of hydrogen-bond donors (Lipinski definition) is 1. The van der Waals surface area contributed by atoms with Crippen LogP contribution in [0.3, 0.4) is 0 Å². The topological polar surface area (TPSA) is 75.1 Å². The van der Waals surface area contributed by atoms with Crippen molar-refractivity contribution < 1.29 is 19.4 Å². The Morgan fingerprint density at radius 3 is 2.59 bits per heavy atom. The summed E-state index contributed by atoms with van der Waals surface area (Å²) in [6, 6.07) is 10.2. The van der Waals surface area contributed by atoms with Crippen molar-refractivity contribution in [2.24, 2.45) is 5.41 Å². The molecule has 2 aromatic rings. The average Bonchev–Trinajstić information content (AvgIpc) is 3.15. The molecule has 7 nitrogen and oxygen atoms in total. The predicted molar refractivity (Wildman–Crippen MR) is 123 cm³/mol. The molecule has 0 saturated carbocycles. The minimum Gasteiger partial charge on any atom is -0.493 e. The average molecular weight is 440 g/mol. The molecule has 2 saturated heterocycles. The molecule has 2 fully saturated rings. The first-order chi connectivity index (χ1) is 15.5. The SMILES string of the molecule is CCC1(C)CN(C(=O)CCO)CC1c1ccc(OC)c(OC2CN(c3ccncc3)C2)c1. The molecule has 0 bridgehead atoms. The molecule has 1 amide bonds. The number of benzene rings is 1. The summed E-state index contributed by atoms with van der Waals surface area (Å²) in [4.78, 5) is 20.7. The molecule has 2 aliphatic rings. The van der Waals surface area contributed by atoms with Gasteiger partial charge in [0.05, 0.1) is 26.8 Å². The highest BCUT2D eigenvalue weighted by Gasteiger charge is 2.44. The second-order valence-corrected chi connectivity index (χ2v) is 9.07. The second-order valence-electron chi connectivity index (χ2n) is 9.07. The van der Waals surface area contributed by atoms with Crippen LogP contribution in [0.15, 0.2) is 42.7 Å². The number of aromatic nitrogens is 1. The fraction of sp³-hybridized carbons (Fsp3) is 0.520. The van der Waals surface area contributed by atoms with E-state index in [2.05, 4.69) is 35.9 Å². The lowest BCUT2D eigenvalue weighted by Gasteiger charge is -2.40. The number of hydrogen-bond acceptors (Lipinski definition) is 6. The zero-order valence-electron chi connectivity index (χ0n) is 19.2. The lowest BCUT2D eigenvalue weighted by Crippen LogP contribution is -2.54. The lowest BCUT2D eigenvalue weighted by atomic mass is 9.74. The van der Waals surface area contributed by atoms with Crippen LogP contribution in [0.1, 0.15) is 38.2 Å². The molecule has 0 radical (unpaired) electrons. The van der Waals surface area contributed by atoms with Gasteiger partial charge in [-0.05, 0) is 41.7 Å². The number of methoxy groups -OCH3 is 1. The van der Waals surface area contributed by atoms with Gasteiger partial charge < -0.3 is 24.4 Å². The highest BCUT2D eigenvalue weighted by atomic mass is 16.5. The van der Waals surface area contributed by atoms with E-state index in [4.69, 9.17) is 9.47 Å². The third kappa shape index (κ3) is 4.39. The predicted octanol–water partition coefficient (Wildman–Crippen LogP) is 3.08. The fourth-order valence-corrected chi connectivity index (χ4v) is 4.82. The Balaban J connectivity index is 1.50. The number of rotatable bonds is 8. The van der Waals surface area contributed by atoms with E-state index in [1.807, 2.05) is 23.1 Å². The molecule has 172 valence electrons. The number of likely N-dealkylation sites (tertiary alicyclic amines) is 1. The van der Waals surface area contributed by atoms with Crippen molar-refractivity contribution in [1.29, 1.82) is 0 Å². The number of carbonyl (C=O) groups is 1. The summed E-state index contributed by atoms with van der Waals surface area (Å²) in [7, 11) is 1.66. The molecule has 32 heavy (non-hydrogen) atoms. The zero-order chi connectivity index (χ0) is 22.7. The maximum atomic E-state index is 12.4. The minimum absolute atomic E-state index is 0.0188. The van der Waals surface area contributed by atoms with Gasteiger partial charge in [-0.25, -0.2) is 0 Å². The zero-order valence-corrected chi connectivity index (χ0v) is 19.2. The Hall–Kier alpha value is -2.80. The van der Waals surface area contributed by atoms with Crippen LogP contribution in [0, 0.1) is 5.41 Å². The Labute approximate surface area is 190 Å². The third-order valence-electron chi connectivity index (χ3n) is 7.04. The molecule has 2 atom stereocenters. The maximum absolute atomic E-state index is 12.4. The third-order valence-corrected chi connectivity index (χ3v) is 7.04. The largest absolute Gasteiger partial charge is 0.493 e. The summed E-state index contributed by atoms with van der Waals surface area (Å²) in [5.74, 6) is 1.70. The van der Waals surface area contributed by atoms with Crippen LogP contribution in [0.5, 0.6) is 11.5 Å². The molecule has 2 aliphatic heterocycles. The molecule has 3 heterocycles. The van der Waals surface area contributed by atoms with Crippen LogP contribution in [-0.2, 0) is 4.79 Å². The van der Waals surface area contributed by atoms with Gasteiger partial charge in [-0.2, -0.15) is 0 Å². The van der Waals surface area contributed by atoms with E-state index >= 15 is 0 Å². The van der Waals surface area contributed by atoms with Crippen LogP contribution in [0.25, 0.3) is 0 Å². The second kappa shape index (κ2) is 9.36. The summed E-state index contributed by atoms with van der Waals surface area (Å²) in [6.45, 7) is 7.31. The Morgan fingerprint density at radius 1 is 1.19 bits per heavy atom. The maximum Gasteiger partial charge on any atom is 0.224 e. The van der Waals surface area contributed by atoms with E-state index in [1.54, 1.807) is 19.5 Å². The molecule has 0 spiro atoms. The molecule has 2 unspecified atom stereocenters. The molecule has 7 heteroatoms. The van der Waals surface area contributed by atoms with Crippen molar-refractivity contribution in [1.82, 2.24) is 9.88 Å². The number of pyridine rings is 1. The Morgan fingerprint density at radius 2 is 1.94 bits per heavy atom. The van der Waals surface area contributed by atoms with Crippen molar-refractivity contribution in [2.45, 2.75) is 38.7 Å². The van der Waals surface area contributed by atoms with E-state index in [-0.39, 0.29) is 36.4 Å². The Kier molecular flexibility index (Phi) is 6.55.